The van der Waals surface area contributed by atoms with E-state index in [0.29, 0.717) is 22.6 Å². The van der Waals surface area contributed by atoms with Crippen molar-refractivity contribution in [2.45, 2.75) is 117 Å². The van der Waals surface area contributed by atoms with Crippen LogP contribution in [0.4, 0.5) is 0 Å². The molecule has 4 heteroatoms. The monoisotopic (exact) mass is 570 g/mol. The molecule has 0 saturated heterocycles. The highest BCUT2D eigenvalue weighted by Crippen LogP contribution is 2.19. The average Bonchev–Trinajstić information content (AvgIpc) is 3.02. The highest BCUT2D eigenvalue weighted by molar-refractivity contribution is 5.96. The molecule has 0 aliphatic heterocycles. The summed E-state index contributed by atoms with van der Waals surface area (Å²) in [6.07, 6.45) is 20.1. The number of carbonyl (C=O) groups is 2. The van der Waals surface area contributed by atoms with Crippen molar-refractivity contribution >= 4 is 11.9 Å². The molecule has 0 amide bonds. The number of carbonyl (C=O) groups excluding carboxylic acids is 2. The molecule has 4 nitrogen and oxygen atoms in total. The summed E-state index contributed by atoms with van der Waals surface area (Å²) in [6, 6.07) is 21.9. The Kier molecular flexibility index (Phi) is 15.5. The van der Waals surface area contributed by atoms with Gasteiger partial charge in [-0.05, 0) is 79.3 Å². The van der Waals surface area contributed by atoms with Gasteiger partial charge in [0.25, 0.3) is 0 Å². The van der Waals surface area contributed by atoms with Crippen molar-refractivity contribution in [1.29, 1.82) is 0 Å². The molecule has 0 unspecified atom stereocenters. The lowest BCUT2D eigenvalue weighted by Crippen LogP contribution is -2.12. The molecule has 0 fully saturated rings. The minimum absolute atomic E-state index is 0.307. The van der Waals surface area contributed by atoms with Crippen LogP contribution >= 0.6 is 0 Å². The molecular weight excluding hydrogens is 520 g/mol. The van der Waals surface area contributed by atoms with Gasteiger partial charge in [-0.1, -0.05) is 121 Å². The Morgan fingerprint density at radius 2 is 0.833 bits per heavy atom. The standard InChI is InChI=1S/C38H50O4/c1-3-5-7-9-11-13-15-18-31-22-26-35(27-23-31)41-37(39)33-20-17-21-34(30-33)38(40)42-36-28-24-32(25-29-36)19-16-14-12-10-8-6-4-2/h17,20-30H,3-16,18-19H2,1-2H3. The Hall–Kier alpha value is -3.40. The van der Waals surface area contributed by atoms with Crippen molar-refractivity contribution in [2.24, 2.45) is 0 Å². The molecule has 0 N–H and O–H groups in total. The van der Waals surface area contributed by atoms with Crippen LogP contribution in [0, 0.1) is 0 Å². The highest BCUT2D eigenvalue weighted by atomic mass is 16.5. The van der Waals surface area contributed by atoms with Crippen molar-refractivity contribution < 1.29 is 19.1 Å². The molecule has 3 rings (SSSR count). The molecule has 226 valence electrons. The summed E-state index contributed by atoms with van der Waals surface area (Å²) < 4.78 is 11.2. The fraction of sp³-hybridized carbons (Fsp3) is 0.474. The zero-order valence-electron chi connectivity index (χ0n) is 25.9. The molecule has 42 heavy (non-hydrogen) atoms. The lowest BCUT2D eigenvalue weighted by Gasteiger charge is -2.08. The summed E-state index contributed by atoms with van der Waals surface area (Å²) in [6.45, 7) is 4.49. The van der Waals surface area contributed by atoms with Crippen LogP contribution in [0.5, 0.6) is 11.5 Å². The van der Waals surface area contributed by atoms with Gasteiger partial charge in [-0.3, -0.25) is 0 Å². The average molecular weight is 571 g/mol. The van der Waals surface area contributed by atoms with Crippen LogP contribution in [0.3, 0.4) is 0 Å². The number of esters is 2. The summed E-state index contributed by atoms with van der Waals surface area (Å²) in [7, 11) is 0. The number of aryl methyl sites for hydroxylation is 2. The van der Waals surface area contributed by atoms with Gasteiger partial charge in [-0.2, -0.15) is 0 Å². The minimum Gasteiger partial charge on any atom is -0.423 e. The van der Waals surface area contributed by atoms with E-state index in [1.807, 2.05) is 48.5 Å². The molecule has 3 aromatic carbocycles. The van der Waals surface area contributed by atoms with Gasteiger partial charge in [0.1, 0.15) is 11.5 Å². The van der Waals surface area contributed by atoms with Gasteiger partial charge in [0.2, 0.25) is 0 Å². The van der Waals surface area contributed by atoms with E-state index in [4.69, 9.17) is 9.47 Å². The molecule has 3 aromatic rings. The van der Waals surface area contributed by atoms with Crippen LogP contribution in [0.2, 0.25) is 0 Å². The molecule has 0 atom stereocenters. The minimum atomic E-state index is -0.501. The lowest BCUT2D eigenvalue weighted by molar-refractivity contribution is 0.0734. The normalized spacial score (nSPS) is 10.9. The summed E-state index contributed by atoms with van der Waals surface area (Å²) in [5, 5.41) is 0. The van der Waals surface area contributed by atoms with E-state index < -0.39 is 11.9 Å². The second kappa shape index (κ2) is 19.7. The number of hydrogen-bond acceptors (Lipinski definition) is 4. The summed E-state index contributed by atoms with van der Waals surface area (Å²) in [4.78, 5) is 25.6. The van der Waals surface area contributed by atoms with Crippen LogP contribution in [0.15, 0.2) is 72.8 Å². The van der Waals surface area contributed by atoms with E-state index in [-0.39, 0.29) is 0 Å². The van der Waals surface area contributed by atoms with Crippen molar-refractivity contribution in [3.63, 3.8) is 0 Å². The predicted octanol–water partition coefficient (Wildman–Crippen LogP) is 10.7. The van der Waals surface area contributed by atoms with Crippen molar-refractivity contribution in [3.05, 3.63) is 95.1 Å². The first kappa shape index (κ1) is 33.1. The van der Waals surface area contributed by atoms with Crippen LogP contribution in [0.25, 0.3) is 0 Å². The Morgan fingerprint density at radius 3 is 1.21 bits per heavy atom. The Balaban J connectivity index is 1.42. The van der Waals surface area contributed by atoms with Gasteiger partial charge in [0.15, 0.2) is 0 Å². The zero-order valence-corrected chi connectivity index (χ0v) is 25.9. The second-order valence-electron chi connectivity index (χ2n) is 11.4. The van der Waals surface area contributed by atoms with E-state index >= 15 is 0 Å². The first-order valence-electron chi connectivity index (χ1n) is 16.3. The Bertz CT molecular complexity index is 1090. The van der Waals surface area contributed by atoms with E-state index in [1.54, 1.807) is 18.2 Å². The van der Waals surface area contributed by atoms with Gasteiger partial charge in [-0.15, -0.1) is 0 Å². The van der Waals surface area contributed by atoms with Gasteiger partial charge >= 0.3 is 11.9 Å². The first-order valence-corrected chi connectivity index (χ1v) is 16.3. The third-order valence-corrected chi connectivity index (χ3v) is 7.74. The molecular formula is C38H50O4. The first-order chi connectivity index (χ1) is 20.6. The summed E-state index contributed by atoms with van der Waals surface area (Å²) >= 11 is 0. The Morgan fingerprint density at radius 1 is 0.476 bits per heavy atom. The number of benzene rings is 3. The van der Waals surface area contributed by atoms with E-state index in [9.17, 15) is 9.59 Å². The van der Waals surface area contributed by atoms with Gasteiger partial charge in [0.05, 0.1) is 11.1 Å². The van der Waals surface area contributed by atoms with Crippen molar-refractivity contribution in [1.82, 2.24) is 0 Å². The number of rotatable bonds is 20. The predicted molar refractivity (Wildman–Crippen MR) is 173 cm³/mol. The fourth-order valence-electron chi connectivity index (χ4n) is 5.13. The molecule has 0 spiro atoms. The van der Waals surface area contributed by atoms with Crippen LogP contribution in [-0.2, 0) is 12.8 Å². The van der Waals surface area contributed by atoms with E-state index in [2.05, 4.69) is 13.8 Å². The molecule has 0 radical (unpaired) electrons. The third kappa shape index (κ3) is 12.6. The molecule has 0 saturated carbocycles. The molecule has 0 bridgehead atoms. The van der Waals surface area contributed by atoms with E-state index in [0.717, 1.165) is 12.8 Å². The SMILES string of the molecule is CCCCCCCCCc1ccc(OC(=O)c2cccc(C(=O)Oc3ccc(CCCCCCCCC)cc3)c2)cc1. The fourth-order valence-corrected chi connectivity index (χ4v) is 5.13. The zero-order chi connectivity index (χ0) is 29.8. The smallest absolute Gasteiger partial charge is 0.343 e. The number of hydrogen-bond donors (Lipinski definition) is 0. The maximum atomic E-state index is 12.8. The van der Waals surface area contributed by atoms with E-state index in [1.165, 1.54) is 107 Å². The van der Waals surface area contributed by atoms with Crippen LogP contribution < -0.4 is 9.47 Å². The maximum absolute atomic E-state index is 12.8. The van der Waals surface area contributed by atoms with Gasteiger partial charge in [0, 0.05) is 0 Å². The maximum Gasteiger partial charge on any atom is 0.343 e. The van der Waals surface area contributed by atoms with Crippen molar-refractivity contribution in [2.75, 3.05) is 0 Å². The van der Waals surface area contributed by atoms with Gasteiger partial charge < -0.3 is 9.47 Å². The third-order valence-electron chi connectivity index (χ3n) is 7.74. The topological polar surface area (TPSA) is 52.6 Å². The number of ether oxygens (including phenoxy) is 2. The quantitative estimate of drug-likeness (QED) is 0.0770. The Labute approximate surface area is 253 Å². The van der Waals surface area contributed by atoms with Crippen LogP contribution in [-0.4, -0.2) is 11.9 Å². The molecule has 0 aliphatic carbocycles. The second-order valence-corrected chi connectivity index (χ2v) is 11.4. The lowest BCUT2D eigenvalue weighted by atomic mass is 10.0. The molecule has 0 aliphatic rings. The summed E-state index contributed by atoms with van der Waals surface area (Å²) in [5.41, 5.74) is 3.11. The van der Waals surface area contributed by atoms with Crippen LogP contribution in [0.1, 0.15) is 136 Å². The largest absolute Gasteiger partial charge is 0.423 e. The highest BCUT2D eigenvalue weighted by Gasteiger charge is 2.14. The molecule has 0 heterocycles. The van der Waals surface area contributed by atoms with Crippen molar-refractivity contribution in [3.8, 4) is 11.5 Å². The summed E-state index contributed by atoms with van der Waals surface area (Å²) in [5.74, 6) is -0.0147. The van der Waals surface area contributed by atoms with Gasteiger partial charge in [-0.25, -0.2) is 9.59 Å². The number of unbranched alkanes of at least 4 members (excludes halogenated alkanes) is 12. The molecule has 0 aromatic heterocycles.